The van der Waals surface area contributed by atoms with Gasteiger partial charge >= 0.3 is 0 Å². The highest BCUT2D eigenvalue weighted by molar-refractivity contribution is 7.99. The van der Waals surface area contributed by atoms with Crippen LogP contribution in [0.25, 0.3) is 0 Å². The number of thioether (sulfide) groups is 1. The van der Waals surface area contributed by atoms with E-state index in [1.54, 1.807) is 17.8 Å². The summed E-state index contributed by atoms with van der Waals surface area (Å²) in [4.78, 5) is 1.11. The van der Waals surface area contributed by atoms with Crippen LogP contribution in [0, 0.1) is 11.6 Å². The molecule has 1 nitrogen and oxygen atoms in total. The van der Waals surface area contributed by atoms with Crippen molar-refractivity contribution in [1.29, 1.82) is 0 Å². The third kappa shape index (κ3) is 3.31. The lowest BCUT2D eigenvalue weighted by Gasteiger charge is -2.18. The molecule has 2 aromatic carbocycles. The molecule has 0 aliphatic rings. The van der Waals surface area contributed by atoms with Gasteiger partial charge in [-0.05, 0) is 30.9 Å². The molecule has 4 heteroatoms. The van der Waals surface area contributed by atoms with Crippen LogP contribution in [0.1, 0.15) is 25.5 Å². The molecule has 0 aromatic heterocycles. The fraction of sp³-hybridized carbons (Fsp3) is 0.250. The Labute approximate surface area is 122 Å². The van der Waals surface area contributed by atoms with Gasteiger partial charge in [0, 0.05) is 16.1 Å². The van der Waals surface area contributed by atoms with Crippen molar-refractivity contribution in [3.05, 3.63) is 59.7 Å². The normalized spacial score (nSPS) is 12.2. The molecule has 0 aliphatic heterocycles. The van der Waals surface area contributed by atoms with E-state index < -0.39 is 11.6 Å². The lowest BCUT2D eigenvalue weighted by Crippen LogP contribution is -2.10. The SMILES string of the molecule is CCSc1ccccc1NC(C)c1cccc(F)c1F. The van der Waals surface area contributed by atoms with E-state index in [0.29, 0.717) is 5.56 Å². The minimum atomic E-state index is -0.813. The van der Waals surface area contributed by atoms with Crippen molar-refractivity contribution in [2.75, 3.05) is 11.1 Å². The van der Waals surface area contributed by atoms with Crippen molar-refractivity contribution < 1.29 is 8.78 Å². The number of nitrogens with one attached hydrogen (secondary N) is 1. The van der Waals surface area contributed by atoms with Crippen molar-refractivity contribution in [3.8, 4) is 0 Å². The van der Waals surface area contributed by atoms with E-state index in [9.17, 15) is 8.78 Å². The van der Waals surface area contributed by atoms with Gasteiger partial charge in [0.1, 0.15) is 0 Å². The number of para-hydroxylation sites is 1. The summed E-state index contributed by atoms with van der Waals surface area (Å²) in [5.74, 6) is -0.637. The van der Waals surface area contributed by atoms with Crippen LogP contribution >= 0.6 is 11.8 Å². The Morgan fingerprint density at radius 3 is 2.60 bits per heavy atom. The number of rotatable bonds is 5. The molecule has 0 saturated heterocycles. The Morgan fingerprint density at radius 2 is 1.85 bits per heavy atom. The third-order valence-corrected chi connectivity index (χ3v) is 3.96. The van der Waals surface area contributed by atoms with Crippen molar-refractivity contribution >= 4 is 17.4 Å². The fourth-order valence-electron chi connectivity index (χ4n) is 2.03. The number of benzene rings is 2. The Hall–Kier alpha value is -1.55. The first-order valence-corrected chi connectivity index (χ1v) is 7.54. The summed E-state index contributed by atoms with van der Waals surface area (Å²) >= 11 is 1.72. The van der Waals surface area contributed by atoms with Crippen LogP contribution in [0.4, 0.5) is 14.5 Å². The van der Waals surface area contributed by atoms with E-state index >= 15 is 0 Å². The number of anilines is 1. The molecule has 20 heavy (non-hydrogen) atoms. The van der Waals surface area contributed by atoms with Crippen molar-refractivity contribution in [1.82, 2.24) is 0 Å². The summed E-state index contributed by atoms with van der Waals surface area (Å²) in [7, 11) is 0. The average molecular weight is 293 g/mol. The highest BCUT2D eigenvalue weighted by Crippen LogP contribution is 2.30. The van der Waals surface area contributed by atoms with Crippen molar-refractivity contribution in [2.24, 2.45) is 0 Å². The van der Waals surface area contributed by atoms with Gasteiger partial charge in [-0.3, -0.25) is 0 Å². The second kappa shape index (κ2) is 6.75. The number of hydrogen-bond acceptors (Lipinski definition) is 2. The van der Waals surface area contributed by atoms with Gasteiger partial charge in [0.2, 0.25) is 0 Å². The topological polar surface area (TPSA) is 12.0 Å². The van der Waals surface area contributed by atoms with Gasteiger partial charge in [-0.15, -0.1) is 11.8 Å². The van der Waals surface area contributed by atoms with Gasteiger partial charge in [0.05, 0.1) is 6.04 Å². The first kappa shape index (κ1) is 14.9. The monoisotopic (exact) mass is 293 g/mol. The maximum Gasteiger partial charge on any atom is 0.164 e. The van der Waals surface area contributed by atoms with E-state index in [1.807, 2.05) is 31.2 Å². The molecule has 1 unspecified atom stereocenters. The first-order valence-electron chi connectivity index (χ1n) is 6.55. The second-order valence-electron chi connectivity index (χ2n) is 4.44. The molecule has 2 aromatic rings. The highest BCUT2D eigenvalue weighted by atomic mass is 32.2. The maximum atomic E-state index is 13.8. The van der Waals surface area contributed by atoms with Gasteiger partial charge in [0.15, 0.2) is 11.6 Å². The van der Waals surface area contributed by atoms with E-state index in [4.69, 9.17) is 0 Å². The molecule has 0 fully saturated rings. The molecule has 1 N–H and O–H groups in total. The quantitative estimate of drug-likeness (QED) is 0.756. The minimum absolute atomic E-state index is 0.302. The molecular formula is C16H17F2NS. The number of halogens is 2. The molecule has 0 radical (unpaired) electrons. The zero-order valence-corrected chi connectivity index (χ0v) is 12.3. The Bertz CT molecular complexity index is 586. The van der Waals surface area contributed by atoms with Crippen LogP contribution < -0.4 is 5.32 Å². The van der Waals surface area contributed by atoms with E-state index in [2.05, 4.69) is 12.2 Å². The smallest absolute Gasteiger partial charge is 0.164 e. The number of hydrogen-bond donors (Lipinski definition) is 1. The Morgan fingerprint density at radius 1 is 1.10 bits per heavy atom. The lowest BCUT2D eigenvalue weighted by atomic mass is 10.1. The van der Waals surface area contributed by atoms with Gasteiger partial charge in [-0.25, -0.2) is 8.78 Å². The van der Waals surface area contributed by atoms with Gasteiger partial charge < -0.3 is 5.32 Å². The summed E-state index contributed by atoms with van der Waals surface area (Å²) in [6.07, 6.45) is 0. The van der Waals surface area contributed by atoms with E-state index in [-0.39, 0.29) is 6.04 Å². The van der Waals surface area contributed by atoms with Gasteiger partial charge in [0.25, 0.3) is 0 Å². The van der Waals surface area contributed by atoms with Crippen LogP contribution in [-0.4, -0.2) is 5.75 Å². The van der Waals surface area contributed by atoms with Gasteiger partial charge in [-0.1, -0.05) is 31.2 Å². The molecule has 0 aliphatic carbocycles. The summed E-state index contributed by atoms with van der Waals surface area (Å²) < 4.78 is 27.1. The van der Waals surface area contributed by atoms with E-state index in [1.165, 1.54) is 6.07 Å². The van der Waals surface area contributed by atoms with Gasteiger partial charge in [-0.2, -0.15) is 0 Å². The molecule has 2 rings (SSSR count). The zero-order chi connectivity index (χ0) is 14.5. The standard InChI is InChI=1S/C16H17F2NS/c1-3-20-15-10-5-4-9-14(15)19-11(2)12-7-6-8-13(17)16(12)18/h4-11,19H,3H2,1-2H3. The average Bonchev–Trinajstić information content (AvgIpc) is 2.44. The first-order chi connectivity index (χ1) is 9.63. The summed E-state index contributed by atoms with van der Waals surface area (Å²) in [6, 6.07) is 11.8. The predicted molar refractivity (Wildman–Crippen MR) is 81.2 cm³/mol. The predicted octanol–water partition coefficient (Wildman–Crippen LogP) is 5.25. The molecular weight excluding hydrogens is 276 g/mol. The van der Waals surface area contributed by atoms with Crippen LogP contribution in [0.5, 0.6) is 0 Å². The Balaban J connectivity index is 2.23. The summed E-state index contributed by atoms with van der Waals surface area (Å²) in [5, 5.41) is 3.25. The van der Waals surface area contributed by atoms with Crippen LogP contribution in [0.2, 0.25) is 0 Å². The molecule has 106 valence electrons. The molecule has 0 bridgehead atoms. The second-order valence-corrected chi connectivity index (χ2v) is 5.74. The molecule has 0 spiro atoms. The third-order valence-electron chi connectivity index (χ3n) is 3.01. The maximum absolute atomic E-state index is 13.8. The lowest BCUT2D eigenvalue weighted by molar-refractivity contribution is 0.494. The van der Waals surface area contributed by atoms with Crippen molar-refractivity contribution in [3.63, 3.8) is 0 Å². The van der Waals surface area contributed by atoms with Crippen LogP contribution in [-0.2, 0) is 0 Å². The summed E-state index contributed by atoms with van der Waals surface area (Å²) in [5.41, 5.74) is 1.27. The largest absolute Gasteiger partial charge is 0.378 e. The van der Waals surface area contributed by atoms with Crippen LogP contribution in [0.3, 0.4) is 0 Å². The minimum Gasteiger partial charge on any atom is -0.378 e. The highest BCUT2D eigenvalue weighted by Gasteiger charge is 2.15. The van der Waals surface area contributed by atoms with Crippen molar-refractivity contribution in [2.45, 2.75) is 24.8 Å². The van der Waals surface area contributed by atoms with E-state index in [0.717, 1.165) is 22.4 Å². The molecule has 1 atom stereocenters. The molecule has 0 saturated carbocycles. The fourth-order valence-corrected chi connectivity index (χ4v) is 2.80. The Kier molecular flexibility index (Phi) is 5.01. The zero-order valence-electron chi connectivity index (χ0n) is 11.5. The summed E-state index contributed by atoms with van der Waals surface area (Å²) in [6.45, 7) is 3.91. The van der Waals surface area contributed by atoms with Crippen LogP contribution in [0.15, 0.2) is 47.4 Å². The molecule has 0 heterocycles. The molecule has 0 amide bonds.